The summed E-state index contributed by atoms with van der Waals surface area (Å²) in [7, 11) is 4.32. The van der Waals surface area contributed by atoms with Crippen LogP contribution in [-0.4, -0.2) is 30.7 Å². The quantitative estimate of drug-likeness (QED) is 0.239. The Balaban J connectivity index is 2.15. The van der Waals surface area contributed by atoms with E-state index in [1.54, 1.807) is 0 Å². The maximum Gasteiger partial charge on any atom is 0.0476 e. The summed E-state index contributed by atoms with van der Waals surface area (Å²) >= 11 is 0. The molecule has 0 aliphatic rings. The average molecular weight is 404 g/mol. The van der Waals surface area contributed by atoms with Gasteiger partial charge < -0.3 is 5.11 Å². The lowest BCUT2D eigenvalue weighted by Crippen LogP contribution is -2.42. The summed E-state index contributed by atoms with van der Waals surface area (Å²) < 4.78 is 0. The molecule has 0 radical (unpaired) electrons. The highest BCUT2D eigenvalue weighted by Crippen LogP contribution is 2.35. The number of unbranched alkanes of at least 4 members (excludes halogenated alkanes) is 13. The van der Waals surface area contributed by atoms with Gasteiger partial charge in [0.05, 0.1) is 0 Å². The Bertz CT molecular complexity index is 473. The van der Waals surface area contributed by atoms with E-state index in [2.05, 4.69) is 56.3 Å². The first kappa shape index (κ1) is 26.2. The van der Waals surface area contributed by atoms with Crippen LogP contribution in [0.15, 0.2) is 30.3 Å². The van der Waals surface area contributed by atoms with Gasteiger partial charge in [-0.15, -0.1) is 0 Å². The number of aliphatic hydroxyl groups is 1. The lowest BCUT2D eigenvalue weighted by Gasteiger charge is -2.40. The molecule has 1 rings (SSSR count). The second-order valence-electron chi connectivity index (χ2n) is 9.11. The van der Waals surface area contributed by atoms with Crippen LogP contribution in [0.25, 0.3) is 0 Å². The topological polar surface area (TPSA) is 23.5 Å². The van der Waals surface area contributed by atoms with E-state index in [0.29, 0.717) is 0 Å². The molecule has 2 nitrogen and oxygen atoms in total. The number of aliphatic hydroxyl groups excluding tert-OH is 1. The molecule has 0 heterocycles. The molecule has 0 aliphatic heterocycles. The lowest BCUT2D eigenvalue weighted by atomic mass is 9.81. The Morgan fingerprint density at radius 3 is 1.52 bits per heavy atom. The maximum absolute atomic E-state index is 9.70. The van der Waals surface area contributed by atoms with Gasteiger partial charge in [0.2, 0.25) is 0 Å². The van der Waals surface area contributed by atoms with Gasteiger partial charge in [0, 0.05) is 12.1 Å². The highest BCUT2D eigenvalue weighted by molar-refractivity contribution is 5.24. The highest BCUT2D eigenvalue weighted by atomic mass is 16.3. The van der Waals surface area contributed by atoms with Crippen LogP contribution in [0.1, 0.15) is 115 Å². The molecule has 0 saturated heterocycles. The molecule has 1 aromatic rings. The van der Waals surface area contributed by atoms with Crippen LogP contribution in [0.3, 0.4) is 0 Å². The van der Waals surface area contributed by atoms with Crippen molar-refractivity contribution in [2.75, 3.05) is 20.7 Å². The zero-order valence-corrected chi connectivity index (χ0v) is 19.8. The van der Waals surface area contributed by atoms with Gasteiger partial charge in [-0.05, 0) is 32.5 Å². The van der Waals surface area contributed by atoms with Crippen molar-refractivity contribution in [3.63, 3.8) is 0 Å². The van der Waals surface area contributed by atoms with Crippen molar-refractivity contribution in [1.82, 2.24) is 4.90 Å². The molecule has 0 bridgehead atoms. The molecule has 1 unspecified atom stereocenters. The van der Waals surface area contributed by atoms with Gasteiger partial charge in [-0.1, -0.05) is 127 Å². The molecular formula is C27H49NO. The Labute approximate surface area is 182 Å². The van der Waals surface area contributed by atoms with E-state index in [0.717, 1.165) is 12.8 Å². The summed E-state index contributed by atoms with van der Waals surface area (Å²) in [5.41, 5.74) is 1.31. The van der Waals surface area contributed by atoms with E-state index < -0.39 is 0 Å². The van der Waals surface area contributed by atoms with Crippen LogP contribution in [-0.2, 0) is 5.54 Å². The molecule has 0 aromatic heterocycles. The molecule has 0 saturated carbocycles. The highest BCUT2D eigenvalue weighted by Gasteiger charge is 2.33. The van der Waals surface area contributed by atoms with Crippen LogP contribution >= 0.6 is 0 Å². The van der Waals surface area contributed by atoms with Gasteiger partial charge in [-0.2, -0.15) is 0 Å². The molecule has 2 heteroatoms. The Morgan fingerprint density at radius 2 is 1.10 bits per heavy atom. The minimum Gasteiger partial charge on any atom is -0.396 e. The van der Waals surface area contributed by atoms with E-state index >= 15 is 0 Å². The molecule has 0 aliphatic carbocycles. The normalized spacial score (nSPS) is 13.7. The maximum atomic E-state index is 9.70. The van der Waals surface area contributed by atoms with Gasteiger partial charge >= 0.3 is 0 Å². The van der Waals surface area contributed by atoms with Crippen LogP contribution in [0, 0.1) is 0 Å². The number of benzene rings is 1. The van der Waals surface area contributed by atoms with Gasteiger partial charge in [-0.3, -0.25) is 4.90 Å². The molecule has 168 valence electrons. The monoisotopic (exact) mass is 403 g/mol. The third-order valence-electron chi connectivity index (χ3n) is 6.64. The Hall–Kier alpha value is -0.860. The summed E-state index contributed by atoms with van der Waals surface area (Å²) in [4.78, 5) is 2.32. The van der Waals surface area contributed by atoms with Crippen molar-refractivity contribution in [3.8, 4) is 0 Å². The minimum absolute atomic E-state index is 0.0346. The average Bonchev–Trinajstić information content (AvgIpc) is 2.73. The van der Waals surface area contributed by atoms with E-state index in [1.165, 1.54) is 95.5 Å². The van der Waals surface area contributed by atoms with Crippen molar-refractivity contribution >= 4 is 0 Å². The summed E-state index contributed by atoms with van der Waals surface area (Å²) in [6.07, 6.45) is 21.5. The van der Waals surface area contributed by atoms with Crippen molar-refractivity contribution in [1.29, 1.82) is 0 Å². The standard InChI is InChI=1S/C27H49NO/c1-4-5-6-7-8-9-10-11-12-13-14-15-16-20-23-27(24-25-29,28(2)3)26-21-18-17-19-22-26/h17-19,21-22,29H,4-16,20,23-25H2,1-3H3. The smallest absolute Gasteiger partial charge is 0.0476 e. The number of rotatable bonds is 19. The molecule has 1 atom stereocenters. The van der Waals surface area contributed by atoms with Crippen LogP contribution in [0.5, 0.6) is 0 Å². The van der Waals surface area contributed by atoms with E-state index in [-0.39, 0.29) is 12.1 Å². The molecule has 29 heavy (non-hydrogen) atoms. The second-order valence-corrected chi connectivity index (χ2v) is 9.11. The largest absolute Gasteiger partial charge is 0.396 e. The van der Waals surface area contributed by atoms with Crippen LogP contribution in [0.4, 0.5) is 0 Å². The number of nitrogens with zero attached hydrogens (tertiary/aromatic N) is 1. The second kappa shape index (κ2) is 16.9. The van der Waals surface area contributed by atoms with Crippen LogP contribution < -0.4 is 0 Å². The molecule has 1 N–H and O–H groups in total. The molecule has 1 aromatic carbocycles. The van der Waals surface area contributed by atoms with Gasteiger partial charge in [0.15, 0.2) is 0 Å². The van der Waals surface area contributed by atoms with Crippen LogP contribution in [0.2, 0.25) is 0 Å². The van der Waals surface area contributed by atoms with Crippen molar-refractivity contribution in [2.24, 2.45) is 0 Å². The first-order chi connectivity index (χ1) is 14.2. The predicted molar refractivity (Wildman–Crippen MR) is 128 cm³/mol. The number of hydrogen-bond acceptors (Lipinski definition) is 2. The molecule has 0 fully saturated rings. The summed E-state index contributed by atoms with van der Waals surface area (Å²) in [6.45, 7) is 2.53. The Kier molecular flexibility index (Phi) is 15.2. The van der Waals surface area contributed by atoms with Crippen molar-refractivity contribution < 1.29 is 5.11 Å². The summed E-state index contributed by atoms with van der Waals surface area (Å²) in [5, 5.41) is 9.70. The first-order valence-electron chi connectivity index (χ1n) is 12.5. The fraction of sp³-hybridized carbons (Fsp3) is 0.778. The third kappa shape index (κ3) is 10.6. The van der Waals surface area contributed by atoms with Crippen molar-refractivity contribution in [2.45, 2.75) is 115 Å². The molecular weight excluding hydrogens is 354 g/mol. The first-order valence-corrected chi connectivity index (χ1v) is 12.5. The van der Waals surface area contributed by atoms with Crippen molar-refractivity contribution in [3.05, 3.63) is 35.9 Å². The summed E-state index contributed by atoms with van der Waals surface area (Å²) in [5.74, 6) is 0. The zero-order chi connectivity index (χ0) is 21.2. The molecule has 0 amide bonds. The predicted octanol–water partition coefficient (Wildman–Crippen LogP) is 7.70. The number of hydrogen-bond donors (Lipinski definition) is 1. The third-order valence-corrected chi connectivity index (χ3v) is 6.64. The summed E-state index contributed by atoms with van der Waals surface area (Å²) in [6, 6.07) is 10.8. The van der Waals surface area contributed by atoms with E-state index in [4.69, 9.17) is 0 Å². The zero-order valence-electron chi connectivity index (χ0n) is 19.8. The lowest BCUT2D eigenvalue weighted by molar-refractivity contribution is 0.0934. The van der Waals surface area contributed by atoms with E-state index in [1.807, 2.05) is 0 Å². The molecule has 0 spiro atoms. The van der Waals surface area contributed by atoms with E-state index in [9.17, 15) is 5.11 Å². The Morgan fingerprint density at radius 1 is 0.655 bits per heavy atom. The SMILES string of the molecule is CCCCCCCCCCCCCCCCC(CCO)(c1ccccc1)N(C)C. The minimum atomic E-state index is -0.0346. The van der Waals surface area contributed by atoms with Gasteiger partial charge in [0.1, 0.15) is 0 Å². The van der Waals surface area contributed by atoms with Gasteiger partial charge in [-0.25, -0.2) is 0 Å². The fourth-order valence-corrected chi connectivity index (χ4v) is 4.66. The fourth-order valence-electron chi connectivity index (χ4n) is 4.66. The van der Waals surface area contributed by atoms with Gasteiger partial charge in [0.25, 0.3) is 0 Å².